The first-order valence-corrected chi connectivity index (χ1v) is 14.3. The van der Waals surface area contributed by atoms with E-state index in [9.17, 15) is 19.5 Å². The molecule has 0 bridgehead atoms. The minimum absolute atomic E-state index is 0.0708. The number of carbonyl (C=O) groups is 3. The summed E-state index contributed by atoms with van der Waals surface area (Å²) in [5.41, 5.74) is 3.88. The Kier molecular flexibility index (Phi) is 7.63. The SMILES string of the molecule is CC(Sc1ccc(NC(=O)c2cccc3cccc(C(=O)O)c23)cc1)C(=O)Nc1ccc(-c2nc3ccccc3o2)cc1. The Morgan fingerprint density at radius 3 is 2.12 bits per heavy atom. The summed E-state index contributed by atoms with van der Waals surface area (Å²) in [6.07, 6.45) is 0. The molecule has 2 amide bonds. The topological polar surface area (TPSA) is 122 Å². The Morgan fingerprint density at radius 1 is 0.767 bits per heavy atom. The number of para-hydroxylation sites is 2. The lowest BCUT2D eigenvalue weighted by molar-refractivity contribution is -0.115. The average molecular weight is 588 g/mol. The van der Waals surface area contributed by atoms with Crippen molar-refractivity contribution in [1.82, 2.24) is 4.98 Å². The molecule has 0 spiro atoms. The van der Waals surface area contributed by atoms with Crippen molar-refractivity contribution in [3.63, 3.8) is 0 Å². The van der Waals surface area contributed by atoms with Crippen molar-refractivity contribution in [3.05, 3.63) is 120 Å². The van der Waals surface area contributed by atoms with E-state index < -0.39 is 11.9 Å². The highest BCUT2D eigenvalue weighted by Crippen LogP contribution is 2.29. The highest BCUT2D eigenvalue weighted by Gasteiger charge is 2.18. The first kappa shape index (κ1) is 27.7. The first-order chi connectivity index (χ1) is 20.9. The summed E-state index contributed by atoms with van der Waals surface area (Å²) in [5.74, 6) is -1.14. The fourth-order valence-corrected chi connectivity index (χ4v) is 5.58. The van der Waals surface area contributed by atoms with E-state index in [0.29, 0.717) is 28.0 Å². The van der Waals surface area contributed by atoms with Gasteiger partial charge in [0.2, 0.25) is 11.8 Å². The summed E-state index contributed by atoms with van der Waals surface area (Å²) in [5, 5.41) is 16.1. The van der Waals surface area contributed by atoms with Gasteiger partial charge < -0.3 is 20.2 Å². The number of benzene rings is 5. The second-order valence-corrected chi connectivity index (χ2v) is 11.2. The Morgan fingerprint density at radius 2 is 1.42 bits per heavy atom. The molecule has 212 valence electrons. The van der Waals surface area contributed by atoms with Crippen LogP contribution in [0.4, 0.5) is 11.4 Å². The van der Waals surface area contributed by atoms with Gasteiger partial charge in [0.1, 0.15) is 5.52 Å². The largest absolute Gasteiger partial charge is 0.478 e. The third kappa shape index (κ3) is 5.98. The number of hydrogen-bond donors (Lipinski definition) is 3. The fourth-order valence-electron chi connectivity index (χ4n) is 4.72. The molecule has 0 aliphatic carbocycles. The molecule has 0 fully saturated rings. The van der Waals surface area contributed by atoms with Crippen LogP contribution in [0, 0.1) is 0 Å². The van der Waals surface area contributed by atoms with Crippen molar-refractivity contribution in [3.8, 4) is 11.5 Å². The van der Waals surface area contributed by atoms with Gasteiger partial charge in [0.25, 0.3) is 5.91 Å². The molecule has 43 heavy (non-hydrogen) atoms. The van der Waals surface area contributed by atoms with Crippen LogP contribution >= 0.6 is 11.8 Å². The monoisotopic (exact) mass is 587 g/mol. The van der Waals surface area contributed by atoms with Crippen LogP contribution in [-0.2, 0) is 4.79 Å². The molecule has 6 rings (SSSR count). The van der Waals surface area contributed by atoms with E-state index in [0.717, 1.165) is 21.6 Å². The number of carboxylic acid groups (broad SMARTS) is 1. The quantitative estimate of drug-likeness (QED) is 0.156. The Labute approximate surface area is 250 Å². The van der Waals surface area contributed by atoms with Gasteiger partial charge in [-0.05, 0) is 85.1 Å². The summed E-state index contributed by atoms with van der Waals surface area (Å²) in [6, 6.07) is 32.1. The number of aromatic nitrogens is 1. The summed E-state index contributed by atoms with van der Waals surface area (Å²) in [4.78, 5) is 43.1. The van der Waals surface area contributed by atoms with E-state index in [4.69, 9.17) is 4.42 Å². The zero-order valence-electron chi connectivity index (χ0n) is 22.9. The standard InChI is InChI=1S/C34H25N3O5S/c1-20(31(38)35-23-14-12-22(13-15-23)33-37-28-10-2-3-11-29(28)42-33)43-25-18-16-24(17-19-25)36-32(39)26-8-4-6-21-7-5-9-27(30(21)26)34(40)41/h2-20H,1H3,(H,35,38)(H,36,39)(H,40,41). The van der Waals surface area contributed by atoms with E-state index >= 15 is 0 Å². The van der Waals surface area contributed by atoms with Gasteiger partial charge in [-0.3, -0.25) is 9.59 Å². The Hall–Kier alpha value is -5.41. The third-order valence-corrected chi connectivity index (χ3v) is 7.98. The summed E-state index contributed by atoms with van der Waals surface area (Å²) < 4.78 is 5.82. The fraction of sp³-hybridized carbons (Fsp3) is 0.0588. The van der Waals surface area contributed by atoms with Gasteiger partial charge in [0, 0.05) is 32.8 Å². The van der Waals surface area contributed by atoms with Gasteiger partial charge in [0.05, 0.1) is 10.8 Å². The Bertz CT molecular complexity index is 1950. The number of aromatic carboxylic acids is 1. The molecular formula is C34H25N3O5S. The van der Waals surface area contributed by atoms with Gasteiger partial charge in [-0.25, -0.2) is 9.78 Å². The molecule has 0 saturated carbocycles. The summed E-state index contributed by atoms with van der Waals surface area (Å²) in [6.45, 7) is 1.82. The lowest BCUT2D eigenvalue weighted by Gasteiger charge is -2.13. The highest BCUT2D eigenvalue weighted by molar-refractivity contribution is 8.00. The van der Waals surface area contributed by atoms with Crippen molar-refractivity contribution in [2.45, 2.75) is 17.1 Å². The maximum Gasteiger partial charge on any atom is 0.336 e. The highest BCUT2D eigenvalue weighted by atomic mass is 32.2. The number of oxazole rings is 1. The van der Waals surface area contributed by atoms with Crippen molar-refractivity contribution in [1.29, 1.82) is 0 Å². The molecule has 3 N–H and O–H groups in total. The number of hydrogen-bond acceptors (Lipinski definition) is 6. The van der Waals surface area contributed by atoms with Crippen molar-refractivity contribution in [2.75, 3.05) is 10.6 Å². The number of rotatable bonds is 8. The van der Waals surface area contributed by atoms with E-state index in [1.165, 1.54) is 17.8 Å². The maximum atomic E-state index is 13.1. The normalized spacial score (nSPS) is 11.7. The predicted octanol–water partition coefficient (Wildman–Crippen LogP) is 7.72. The predicted molar refractivity (Wildman–Crippen MR) is 169 cm³/mol. The van der Waals surface area contributed by atoms with Crippen LogP contribution in [-0.4, -0.2) is 33.1 Å². The molecule has 0 saturated heterocycles. The number of amides is 2. The number of nitrogens with one attached hydrogen (secondary N) is 2. The van der Waals surface area contributed by atoms with Crippen LogP contribution < -0.4 is 10.6 Å². The average Bonchev–Trinajstić information content (AvgIpc) is 3.46. The molecule has 8 nitrogen and oxygen atoms in total. The van der Waals surface area contributed by atoms with Crippen LogP contribution in [0.5, 0.6) is 0 Å². The van der Waals surface area contributed by atoms with E-state index in [1.807, 2.05) is 67.6 Å². The summed E-state index contributed by atoms with van der Waals surface area (Å²) >= 11 is 1.39. The van der Waals surface area contributed by atoms with Gasteiger partial charge in [-0.2, -0.15) is 0 Å². The molecule has 1 heterocycles. The number of carbonyl (C=O) groups excluding carboxylic acids is 2. The summed E-state index contributed by atoms with van der Waals surface area (Å²) in [7, 11) is 0. The van der Waals surface area contributed by atoms with Gasteiger partial charge >= 0.3 is 5.97 Å². The van der Waals surface area contributed by atoms with Gasteiger partial charge in [0.15, 0.2) is 5.58 Å². The third-order valence-electron chi connectivity index (χ3n) is 6.87. The molecular weight excluding hydrogens is 562 g/mol. The number of anilines is 2. The van der Waals surface area contributed by atoms with Crippen molar-refractivity contribution < 1.29 is 23.9 Å². The van der Waals surface area contributed by atoms with Gasteiger partial charge in [-0.15, -0.1) is 11.8 Å². The molecule has 0 aliphatic rings. The zero-order valence-corrected chi connectivity index (χ0v) is 23.7. The molecule has 5 aromatic carbocycles. The van der Waals surface area contributed by atoms with Crippen LogP contribution in [0.2, 0.25) is 0 Å². The second kappa shape index (κ2) is 11.8. The number of nitrogens with zero attached hydrogens (tertiary/aromatic N) is 1. The smallest absolute Gasteiger partial charge is 0.336 e. The number of thioether (sulfide) groups is 1. The van der Waals surface area contributed by atoms with Crippen molar-refractivity contribution >= 4 is 62.8 Å². The molecule has 0 aliphatic heterocycles. The van der Waals surface area contributed by atoms with Crippen LogP contribution in [0.3, 0.4) is 0 Å². The molecule has 6 aromatic rings. The lowest BCUT2D eigenvalue weighted by atomic mass is 9.98. The zero-order chi connectivity index (χ0) is 29.9. The lowest BCUT2D eigenvalue weighted by Crippen LogP contribution is -2.22. The minimum Gasteiger partial charge on any atom is -0.478 e. The second-order valence-electron chi connectivity index (χ2n) is 9.81. The molecule has 1 unspecified atom stereocenters. The molecule has 1 aromatic heterocycles. The van der Waals surface area contributed by atoms with E-state index in [2.05, 4.69) is 15.6 Å². The van der Waals surface area contributed by atoms with Gasteiger partial charge in [-0.1, -0.05) is 36.4 Å². The molecule has 0 radical (unpaired) electrons. The molecule has 1 atom stereocenters. The maximum absolute atomic E-state index is 13.1. The van der Waals surface area contributed by atoms with Crippen LogP contribution in [0.1, 0.15) is 27.6 Å². The van der Waals surface area contributed by atoms with Crippen LogP contribution in [0.15, 0.2) is 119 Å². The Balaban J connectivity index is 1.07. The number of carboxylic acids is 1. The van der Waals surface area contributed by atoms with Crippen molar-refractivity contribution in [2.24, 2.45) is 0 Å². The number of fused-ring (bicyclic) bond motifs is 2. The van der Waals surface area contributed by atoms with E-state index in [-0.39, 0.29) is 22.3 Å². The first-order valence-electron chi connectivity index (χ1n) is 13.5. The molecule has 9 heteroatoms. The minimum atomic E-state index is -1.10. The van der Waals surface area contributed by atoms with E-state index in [1.54, 1.807) is 42.5 Å². The van der Waals surface area contributed by atoms with Crippen LogP contribution in [0.25, 0.3) is 33.3 Å².